The molecule has 166 valence electrons. The Kier molecular flexibility index (Phi) is 6.18. The van der Waals surface area contributed by atoms with Gasteiger partial charge in [0.25, 0.3) is 0 Å². The van der Waals surface area contributed by atoms with Gasteiger partial charge in [-0.2, -0.15) is 0 Å². The van der Waals surface area contributed by atoms with Gasteiger partial charge in [0, 0.05) is 13.1 Å². The number of ether oxygens (including phenoxy) is 2. The van der Waals surface area contributed by atoms with Crippen LogP contribution < -0.4 is 4.72 Å². The number of carbonyl (C=O) groups excluding carboxylic acids is 1. The van der Waals surface area contributed by atoms with Gasteiger partial charge in [0.15, 0.2) is 0 Å². The van der Waals surface area contributed by atoms with E-state index in [1.54, 1.807) is 0 Å². The molecule has 0 saturated carbocycles. The maximum atomic E-state index is 13.8. The van der Waals surface area contributed by atoms with E-state index >= 15 is 0 Å². The highest BCUT2D eigenvalue weighted by molar-refractivity contribution is 7.88. The summed E-state index contributed by atoms with van der Waals surface area (Å²) >= 11 is 0. The highest BCUT2D eigenvalue weighted by Gasteiger charge is 2.48. The van der Waals surface area contributed by atoms with Crippen molar-refractivity contribution in [3.63, 3.8) is 0 Å². The van der Waals surface area contributed by atoms with E-state index in [9.17, 15) is 13.2 Å². The monoisotopic (exact) mass is 437 g/mol. The van der Waals surface area contributed by atoms with Crippen LogP contribution in [0.4, 0.5) is 0 Å². The molecule has 1 aromatic carbocycles. The largest absolute Gasteiger partial charge is 0.372 e. The molecular formula is C21H31N3O5S. The van der Waals surface area contributed by atoms with Gasteiger partial charge in [-0.05, 0) is 38.5 Å². The molecule has 0 aliphatic carbocycles. The first-order valence-corrected chi connectivity index (χ1v) is 12.4. The lowest BCUT2D eigenvalue weighted by Crippen LogP contribution is -2.52. The molecule has 0 spiro atoms. The van der Waals surface area contributed by atoms with E-state index in [4.69, 9.17) is 9.47 Å². The number of piperidine rings is 1. The lowest BCUT2D eigenvalue weighted by molar-refractivity contribution is -0.139. The SMILES string of the molecule is CN1CCC(C(=O)N2C[C@@H]3OCC(NS(C)(=O)=O)CO[C@H]3C2)(c2ccccc2)CC1. The van der Waals surface area contributed by atoms with Crippen LogP contribution in [0.3, 0.4) is 0 Å². The van der Waals surface area contributed by atoms with Gasteiger partial charge in [-0.15, -0.1) is 0 Å². The van der Waals surface area contributed by atoms with Crippen LogP contribution >= 0.6 is 0 Å². The quantitative estimate of drug-likeness (QED) is 0.724. The number of benzene rings is 1. The van der Waals surface area contributed by atoms with Crippen LogP contribution in [0, 0.1) is 0 Å². The Hall–Kier alpha value is -1.52. The fourth-order valence-electron chi connectivity index (χ4n) is 4.81. The number of sulfonamides is 1. The van der Waals surface area contributed by atoms with Crippen LogP contribution in [0.15, 0.2) is 30.3 Å². The van der Waals surface area contributed by atoms with E-state index in [0.29, 0.717) is 13.1 Å². The third-order valence-corrected chi connectivity index (χ3v) is 7.24. The first-order chi connectivity index (χ1) is 14.3. The maximum absolute atomic E-state index is 13.8. The molecule has 0 radical (unpaired) electrons. The van der Waals surface area contributed by atoms with Crippen molar-refractivity contribution in [2.24, 2.45) is 0 Å². The number of carbonyl (C=O) groups is 1. The van der Waals surface area contributed by atoms with E-state index in [2.05, 4.69) is 28.8 Å². The summed E-state index contributed by atoms with van der Waals surface area (Å²) in [5.41, 5.74) is 0.562. The molecule has 0 unspecified atom stereocenters. The average molecular weight is 438 g/mol. The molecule has 2 atom stereocenters. The van der Waals surface area contributed by atoms with Crippen molar-refractivity contribution < 1.29 is 22.7 Å². The van der Waals surface area contributed by atoms with E-state index in [-0.39, 0.29) is 31.3 Å². The summed E-state index contributed by atoms with van der Waals surface area (Å²) < 4.78 is 37.4. The Bertz CT molecular complexity index is 839. The van der Waals surface area contributed by atoms with Gasteiger partial charge in [-0.3, -0.25) is 4.79 Å². The van der Waals surface area contributed by atoms with Crippen LogP contribution in [-0.2, 0) is 29.7 Å². The van der Waals surface area contributed by atoms with Crippen molar-refractivity contribution in [2.75, 3.05) is 52.7 Å². The van der Waals surface area contributed by atoms with Gasteiger partial charge >= 0.3 is 0 Å². The van der Waals surface area contributed by atoms with Crippen LogP contribution in [0.25, 0.3) is 0 Å². The predicted molar refractivity (Wildman–Crippen MR) is 113 cm³/mol. The van der Waals surface area contributed by atoms with Gasteiger partial charge in [0.05, 0.1) is 30.9 Å². The minimum absolute atomic E-state index is 0.146. The molecule has 3 aliphatic rings. The minimum Gasteiger partial charge on any atom is -0.372 e. The molecule has 0 bridgehead atoms. The lowest BCUT2D eigenvalue weighted by Gasteiger charge is -2.42. The van der Waals surface area contributed by atoms with Gasteiger partial charge in [-0.25, -0.2) is 13.1 Å². The molecule has 3 heterocycles. The highest BCUT2D eigenvalue weighted by Crippen LogP contribution is 2.38. The Morgan fingerprint density at radius 1 is 1.07 bits per heavy atom. The average Bonchev–Trinajstić information content (AvgIpc) is 3.04. The van der Waals surface area contributed by atoms with Crippen LogP contribution in [-0.4, -0.2) is 95.1 Å². The van der Waals surface area contributed by atoms with E-state index in [1.165, 1.54) is 0 Å². The Morgan fingerprint density at radius 3 is 2.17 bits per heavy atom. The summed E-state index contributed by atoms with van der Waals surface area (Å²) in [5.74, 6) is 0.146. The molecule has 8 nitrogen and oxygen atoms in total. The Labute approximate surface area is 178 Å². The molecular weight excluding hydrogens is 406 g/mol. The van der Waals surface area contributed by atoms with E-state index in [1.807, 2.05) is 23.1 Å². The fourth-order valence-corrected chi connectivity index (χ4v) is 5.56. The molecule has 4 rings (SSSR count). The molecule has 3 aliphatic heterocycles. The zero-order valence-corrected chi connectivity index (χ0v) is 18.4. The molecule has 3 saturated heterocycles. The topological polar surface area (TPSA) is 88.2 Å². The zero-order chi connectivity index (χ0) is 21.4. The number of nitrogens with zero attached hydrogens (tertiary/aromatic N) is 2. The normalized spacial score (nSPS) is 28.1. The first kappa shape index (κ1) is 21.7. The number of nitrogens with one attached hydrogen (secondary N) is 1. The summed E-state index contributed by atoms with van der Waals surface area (Å²) in [6.45, 7) is 3.19. The number of likely N-dealkylation sites (tertiary alicyclic amines) is 2. The number of rotatable bonds is 4. The summed E-state index contributed by atoms with van der Waals surface area (Å²) in [4.78, 5) is 18.0. The van der Waals surface area contributed by atoms with Gasteiger partial charge in [-0.1, -0.05) is 30.3 Å². The smallest absolute Gasteiger partial charge is 0.233 e. The molecule has 9 heteroatoms. The first-order valence-electron chi connectivity index (χ1n) is 10.5. The second kappa shape index (κ2) is 8.55. The molecule has 1 amide bonds. The summed E-state index contributed by atoms with van der Waals surface area (Å²) in [6, 6.07) is 9.69. The van der Waals surface area contributed by atoms with Crippen LogP contribution in [0.5, 0.6) is 0 Å². The van der Waals surface area contributed by atoms with Crippen LogP contribution in [0.2, 0.25) is 0 Å². The molecule has 30 heavy (non-hydrogen) atoms. The number of hydrogen-bond acceptors (Lipinski definition) is 6. The Balaban J connectivity index is 1.48. The number of hydrogen-bond donors (Lipinski definition) is 1. The summed E-state index contributed by atoms with van der Waals surface area (Å²) in [6.07, 6.45) is 2.24. The van der Waals surface area contributed by atoms with Crippen molar-refractivity contribution in [1.29, 1.82) is 0 Å². The molecule has 1 N–H and O–H groups in total. The summed E-state index contributed by atoms with van der Waals surface area (Å²) in [5, 5.41) is 0. The van der Waals surface area contributed by atoms with Crippen LogP contribution in [0.1, 0.15) is 18.4 Å². The fraction of sp³-hybridized carbons (Fsp3) is 0.667. The maximum Gasteiger partial charge on any atom is 0.233 e. The highest BCUT2D eigenvalue weighted by atomic mass is 32.2. The molecule has 3 fully saturated rings. The van der Waals surface area contributed by atoms with Crippen molar-refractivity contribution >= 4 is 15.9 Å². The third kappa shape index (κ3) is 4.55. The Morgan fingerprint density at radius 2 is 1.63 bits per heavy atom. The van der Waals surface area contributed by atoms with Crippen molar-refractivity contribution in [3.05, 3.63) is 35.9 Å². The van der Waals surface area contributed by atoms with Crippen molar-refractivity contribution in [1.82, 2.24) is 14.5 Å². The lowest BCUT2D eigenvalue weighted by atomic mass is 9.71. The van der Waals surface area contributed by atoms with Gasteiger partial charge in [0.2, 0.25) is 15.9 Å². The van der Waals surface area contributed by atoms with Crippen molar-refractivity contribution in [2.45, 2.75) is 36.5 Å². The second-order valence-corrected chi connectivity index (χ2v) is 10.6. The second-order valence-electron chi connectivity index (χ2n) is 8.79. The van der Waals surface area contributed by atoms with Gasteiger partial charge in [0.1, 0.15) is 12.2 Å². The third-order valence-electron chi connectivity index (χ3n) is 6.48. The predicted octanol–water partition coefficient (Wildman–Crippen LogP) is 0.194. The van der Waals surface area contributed by atoms with Gasteiger partial charge < -0.3 is 19.3 Å². The summed E-state index contributed by atoms with van der Waals surface area (Å²) in [7, 11) is -1.23. The molecule has 0 aromatic heterocycles. The minimum atomic E-state index is -3.32. The molecule has 1 aromatic rings. The van der Waals surface area contributed by atoms with E-state index in [0.717, 1.165) is 37.8 Å². The van der Waals surface area contributed by atoms with Crippen molar-refractivity contribution in [3.8, 4) is 0 Å². The van der Waals surface area contributed by atoms with E-state index < -0.39 is 21.5 Å². The zero-order valence-electron chi connectivity index (χ0n) is 17.6. The standard InChI is InChI=1S/C21H31N3O5S/c1-23-10-8-21(9-11-23,16-6-4-3-5-7-16)20(25)24-12-18-19(13-24)29-15-17(14-28-18)22-30(2,26)27/h3-7,17-19,22H,8-15H2,1-2H3/t18-,19-/m0/s1. The number of amides is 1. The number of fused-ring (bicyclic) bond motifs is 1.